The van der Waals surface area contributed by atoms with Crippen molar-refractivity contribution >= 4 is 10.9 Å². The van der Waals surface area contributed by atoms with E-state index in [2.05, 4.69) is 53.0 Å². The van der Waals surface area contributed by atoms with Crippen molar-refractivity contribution in [3.8, 4) is 5.75 Å². The maximum absolute atomic E-state index is 12.7. The van der Waals surface area contributed by atoms with Gasteiger partial charge in [0.15, 0.2) is 0 Å². The zero-order valence-corrected chi connectivity index (χ0v) is 18.9. The molecule has 5 heteroatoms. The third-order valence-electron chi connectivity index (χ3n) is 6.95. The van der Waals surface area contributed by atoms with Crippen molar-refractivity contribution in [2.75, 3.05) is 7.11 Å². The third kappa shape index (κ3) is 3.88. The molecular weight excluding hydrogens is 398 g/mol. The summed E-state index contributed by atoms with van der Waals surface area (Å²) in [6.07, 6.45) is 6.57. The number of methoxy groups -OCH3 is 1. The van der Waals surface area contributed by atoms with Gasteiger partial charge in [0.05, 0.1) is 13.2 Å². The number of H-pyrrole nitrogens is 1. The molecule has 2 aromatic heterocycles. The van der Waals surface area contributed by atoms with Crippen molar-refractivity contribution in [1.82, 2.24) is 14.3 Å². The summed E-state index contributed by atoms with van der Waals surface area (Å²) in [5, 5.41) is 4.63. The third-order valence-corrected chi connectivity index (χ3v) is 6.95. The number of ether oxygens (including phenoxy) is 1. The van der Waals surface area contributed by atoms with Crippen molar-refractivity contribution in [3.05, 3.63) is 87.5 Å². The van der Waals surface area contributed by atoms with Crippen molar-refractivity contribution < 1.29 is 4.74 Å². The first kappa shape index (κ1) is 20.7. The Morgan fingerprint density at radius 2 is 1.81 bits per heavy atom. The van der Waals surface area contributed by atoms with Gasteiger partial charge in [0.2, 0.25) is 0 Å². The van der Waals surface area contributed by atoms with Gasteiger partial charge < -0.3 is 9.30 Å². The predicted molar refractivity (Wildman–Crippen MR) is 129 cm³/mol. The Morgan fingerprint density at radius 1 is 1.03 bits per heavy atom. The quantitative estimate of drug-likeness (QED) is 0.434. The molecule has 0 radical (unpaired) electrons. The van der Waals surface area contributed by atoms with Crippen LogP contribution in [0, 0.1) is 6.92 Å². The first-order chi connectivity index (χ1) is 15.6. The summed E-state index contributed by atoms with van der Waals surface area (Å²) in [5.74, 6) is 0.851. The maximum atomic E-state index is 12.7. The van der Waals surface area contributed by atoms with Crippen LogP contribution in [0.2, 0.25) is 0 Å². The van der Waals surface area contributed by atoms with Crippen LogP contribution in [0.1, 0.15) is 60.7 Å². The first-order valence-corrected chi connectivity index (χ1v) is 11.6. The minimum absolute atomic E-state index is 0.0927. The summed E-state index contributed by atoms with van der Waals surface area (Å²) < 4.78 is 9.77. The van der Waals surface area contributed by atoms with Gasteiger partial charge in [0.1, 0.15) is 5.75 Å². The molecule has 0 saturated heterocycles. The zero-order chi connectivity index (χ0) is 22.1. The van der Waals surface area contributed by atoms with Gasteiger partial charge in [-0.3, -0.25) is 9.89 Å². The van der Waals surface area contributed by atoms with Crippen LogP contribution < -0.4 is 10.3 Å². The molecule has 1 saturated carbocycles. The van der Waals surface area contributed by atoms with Gasteiger partial charge >= 0.3 is 0 Å². The molecule has 2 heterocycles. The minimum atomic E-state index is 0.0927. The van der Waals surface area contributed by atoms with E-state index in [1.807, 2.05) is 16.8 Å². The monoisotopic (exact) mass is 429 g/mol. The summed E-state index contributed by atoms with van der Waals surface area (Å²) in [5.41, 5.74) is 6.00. The average Bonchev–Trinajstić information content (AvgIpc) is 3.32. The van der Waals surface area contributed by atoms with E-state index in [9.17, 15) is 4.79 Å². The van der Waals surface area contributed by atoms with E-state index in [0.717, 1.165) is 30.8 Å². The summed E-state index contributed by atoms with van der Waals surface area (Å²) in [7, 11) is 1.70. The molecule has 5 rings (SSSR count). The van der Waals surface area contributed by atoms with Gasteiger partial charge in [0.25, 0.3) is 5.56 Å². The number of fused-ring (bicyclic) bond motifs is 1. The molecule has 2 aromatic carbocycles. The van der Waals surface area contributed by atoms with Gasteiger partial charge in [-0.1, -0.05) is 49.6 Å². The van der Waals surface area contributed by atoms with Crippen LogP contribution in [0.3, 0.4) is 0 Å². The molecule has 1 aliphatic carbocycles. The van der Waals surface area contributed by atoms with E-state index in [-0.39, 0.29) is 5.56 Å². The molecule has 1 N–H and O–H groups in total. The largest absolute Gasteiger partial charge is 0.497 e. The second kappa shape index (κ2) is 8.73. The lowest BCUT2D eigenvalue weighted by Gasteiger charge is -2.22. The summed E-state index contributed by atoms with van der Waals surface area (Å²) >= 11 is 0. The van der Waals surface area contributed by atoms with E-state index in [0.29, 0.717) is 12.5 Å². The number of aromatic amines is 1. The molecule has 1 aliphatic rings. The van der Waals surface area contributed by atoms with Crippen molar-refractivity contribution in [2.24, 2.45) is 0 Å². The van der Waals surface area contributed by atoms with Crippen molar-refractivity contribution in [1.29, 1.82) is 0 Å². The molecule has 4 aromatic rings. The van der Waals surface area contributed by atoms with Gasteiger partial charge in [0, 0.05) is 41.3 Å². The van der Waals surface area contributed by atoms with Crippen LogP contribution in [0.25, 0.3) is 10.9 Å². The van der Waals surface area contributed by atoms with Crippen molar-refractivity contribution in [3.63, 3.8) is 0 Å². The normalized spacial score (nSPS) is 14.8. The highest BCUT2D eigenvalue weighted by Crippen LogP contribution is 2.32. The molecule has 5 nitrogen and oxygen atoms in total. The Kier molecular flexibility index (Phi) is 5.64. The Hall–Kier alpha value is -3.21. The lowest BCUT2D eigenvalue weighted by molar-refractivity contribution is 0.322. The van der Waals surface area contributed by atoms with Gasteiger partial charge in [-0.05, 0) is 49.1 Å². The highest BCUT2D eigenvalue weighted by Gasteiger charge is 2.20. The van der Waals surface area contributed by atoms with Crippen LogP contribution in [-0.4, -0.2) is 21.5 Å². The zero-order valence-electron chi connectivity index (χ0n) is 18.9. The van der Waals surface area contributed by atoms with Gasteiger partial charge in [-0.15, -0.1) is 0 Å². The standard InChI is InChI=1S/C27H31N3O2/c1-19-24(15-21-16-27(31)30(28-21)22-11-7-4-8-12-22)25-17-23(32-2)13-14-26(25)29(19)18-20-9-5-3-6-10-20/h3,5-6,9-10,13-14,16-17,22,28H,4,7-8,11-12,15,18H2,1-2H3. The summed E-state index contributed by atoms with van der Waals surface area (Å²) in [6, 6.07) is 18.9. The van der Waals surface area contributed by atoms with Crippen molar-refractivity contribution in [2.45, 2.75) is 58.0 Å². The van der Waals surface area contributed by atoms with E-state index in [1.54, 1.807) is 13.2 Å². The number of rotatable bonds is 6. The number of hydrogen-bond donors (Lipinski definition) is 1. The molecule has 32 heavy (non-hydrogen) atoms. The van der Waals surface area contributed by atoms with Crippen LogP contribution >= 0.6 is 0 Å². The molecule has 0 unspecified atom stereocenters. The Labute approximate surface area is 188 Å². The van der Waals surface area contributed by atoms with Crippen LogP contribution in [0.15, 0.2) is 59.4 Å². The van der Waals surface area contributed by atoms with E-state index in [1.165, 1.54) is 47.0 Å². The maximum Gasteiger partial charge on any atom is 0.266 e. The molecule has 0 aliphatic heterocycles. The average molecular weight is 430 g/mol. The van der Waals surface area contributed by atoms with E-state index < -0.39 is 0 Å². The Bertz CT molecular complexity index is 1270. The predicted octanol–water partition coefficient (Wildman–Crippen LogP) is 5.59. The topological polar surface area (TPSA) is 51.9 Å². The van der Waals surface area contributed by atoms with Crippen LogP contribution in [0.5, 0.6) is 5.75 Å². The molecular formula is C27H31N3O2. The highest BCUT2D eigenvalue weighted by molar-refractivity contribution is 5.87. The number of hydrogen-bond acceptors (Lipinski definition) is 2. The SMILES string of the molecule is COc1ccc2c(c1)c(Cc1cc(=O)n(C3CCCCC3)[nH]1)c(C)n2Cc1ccccc1. The van der Waals surface area contributed by atoms with E-state index >= 15 is 0 Å². The Morgan fingerprint density at radius 3 is 2.56 bits per heavy atom. The highest BCUT2D eigenvalue weighted by atomic mass is 16.5. The number of nitrogens with one attached hydrogen (secondary N) is 1. The van der Waals surface area contributed by atoms with Gasteiger partial charge in [-0.2, -0.15) is 0 Å². The fraction of sp³-hybridized carbons (Fsp3) is 0.370. The fourth-order valence-corrected chi connectivity index (χ4v) is 5.20. The molecule has 1 fully saturated rings. The van der Waals surface area contributed by atoms with Crippen LogP contribution in [-0.2, 0) is 13.0 Å². The van der Waals surface area contributed by atoms with Gasteiger partial charge in [-0.25, -0.2) is 4.68 Å². The minimum Gasteiger partial charge on any atom is -0.497 e. The molecule has 0 spiro atoms. The number of nitrogens with zero attached hydrogens (tertiary/aromatic N) is 2. The molecule has 0 atom stereocenters. The lowest BCUT2D eigenvalue weighted by atomic mass is 9.96. The first-order valence-electron chi connectivity index (χ1n) is 11.6. The number of aromatic nitrogens is 3. The molecule has 0 amide bonds. The fourth-order valence-electron chi connectivity index (χ4n) is 5.20. The van der Waals surface area contributed by atoms with Crippen LogP contribution in [0.4, 0.5) is 0 Å². The smallest absolute Gasteiger partial charge is 0.266 e. The van der Waals surface area contributed by atoms with E-state index in [4.69, 9.17) is 4.74 Å². The summed E-state index contributed by atoms with van der Waals surface area (Å²) in [6.45, 7) is 3.00. The second-order valence-corrected chi connectivity index (χ2v) is 8.98. The lowest BCUT2D eigenvalue weighted by Crippen LogP contribution is -2.23. The number of benzene rings is 2. The molecule has 0 bridgehead atoms. The molecule has 166 valence electrons. The summed E-state index contributed by atoms with van der Waals surface area (Å²) in [4.78, 5) is 12.7. The Balaban J connectivity index is 1.54. The second-order valence-electron chi connectivity index (χ2n) is 8.98.